The molecule has 0 amide bonds. The number of benzene rings is 1. The van der Waals surface area contributed by atoms with Gasteiger partial charge in [-0.25, -0.2) is 0 Å². The summed E-state index contributed by atoms with van der Waals surface area (Å²) in [7, 11) is 0. The lowest BCUT2D eigenvalue weighted by Gasteiger charge is -2.09. The van der Waals surface area contributed by atoms with Crippen LogP contribution in [-0.2, 0) is 19.0 Å². The molecule has 0 aliphatic carbocycles. The quantitative estimate of drug-likeness (QED) is 0.757. The normalized spacial score (nSPS) is 10.7. The summed E-state index contributed by atoms with van der Waals surface area (Å²) in [5.41, 5.74) is 3.12. The topological polar surface area (TPSA) is 27.1 Å². The average Bonchev–Trinajstić information content (AvgIpc) is 2.78. The molecular weight excluding hydrogens is 328 g/mol. The van der Waals surface area contributed by atoms with Gasteiger partial charge in [0.2, 0.25) is 0 Å². The molecule has 0 saturated heterocycles. The third-order valence-corrected chi connectivity index (χ3v) is 3.89. The predicted molar refractivity (Wildman–Crippen MR) is 80.7 cm³/mol. The Labute approximate surface area is 126 Å². The van der Waals surface area contributed by atoms with E-state index in [2.05, 4.69) is 28.0 Å². The van der Waals surface area contributed by atoms with Gasteiger partial charge >= 0.3 is 0 Å². The molecule has 0 saturated carbocycles. The van der Waals surface area contributed by atoms with Gasteiger partial charge in [0.05, 0.1) is 11.4 Å². The SMILES string of the molecule is CCn1nc(C)cc1COc1ccc(Br)c(CCl)c1. The van der Waals surface area contributed by atoms with Crippen LogP contribution in [-0.4, -0.2) is 9.78 Å². The van der Waals surface area contributed by atoms with E-state index >= 15 is 0 Å². The maximum absolute atomic E-state index is 5.87. The lowest BCUT2D eigenvalue weighted by Crippen LogP contribution is -2.06. The van der Waals surface area contributed by atoms with E-state index in [4.69, 9.17) is 16.3 Å². The summed E-state index contributed by atoms with van der Waals surface area (Å²) >= 11 is 9.33. The monoisotopic (exact) mass is 342 g/mol. The molecule has 0 atom stereocenters. The number of nitrogens with zero attached hydrogens (tertiary/aromatic N) is 2. The van der Waals surface area contributed by atoms with E-state index in [9.17, 15) is 0 Å². The molecule has 0 aliphatic rings. The number of ether oxygens (including phenoxy) is 1. The largest absolute Gasteiger partial charge is 0.487 e. The van der Waals surface area contributed by atoms with E-state index in [1.165, 1.54) is 0 Å². The molecule has 2 rings (SSSR count). The Kier molecular flexibility index (Phi) is 4.88. The second-order valence-corrected chi connectivity index (χ2v) is 5.39. The van der Waals surface area contributed by atoms with Gasteiger partial charge in [0.25, 0.3) is 0 Å². The smallest absolute Gasteiger partial charge is 0.130 e. The summed E-state index contributed by atoms with van der Waals surface area (Å²) < 4.78 is 8.76. The van der Waals surface area contributed by atoms with Gasteiger partial charge < -0.3 is 4.74 Å². The Morgan fingerprint density at radius 3 is 2.84 bits per heavy atom. The van der Waals surface area contributed by atoms with Gasteiger partial charge in [-0.15, -0.1) is 11.6 Å². The average molecular weight is 344 g/mol. The van der Waals surface area contributed by atoms with Crippen molar-refractivity contribution in [2.45, 2.75) is 32.9 Å². The number of hydrogen-bond donors (Lipinski definition) is 0. The van der Waals surface area contributed by atoms with Crippen LogP contribution in [0.25, 0.3) is 0 Å². The van der Waals surface area contributed by atoms with E-state index in [-0.39, 0.29) is 0 Å². The Balaban J connectivity index is 2.09. The molecule has 0 N–H and O–H groups in total. The van der Waals surface area contributed by atoms with Crippen LogP contribution in [0.5, 0.6) is 5.75 Å². The van der Waals surface area contributed by atoms with Crippen LogP contribution in [0.4, 0.5) is 0 Å². The molecule has 5 heteroatoms. The molecule has 102 valence electrons. The summed E-state index contributed by atoms with van der Waals surface area (Å²) in [5.74, 6) is 1.28. The molecule has 3 nitrogen and oxygen atoms in total. The van der Waals surface area contributed by atoms with Gasteiger partial charge in [-0.2, -0.15) is 5.10 Å². The molecule has 0 fully saturated rings. The summed E-state index contributed by atoms with van der Waals surface area (Å²) in [5, 5.41) is 4.40. The number of alkyl halides is 1. The van der Waals surface area contributed by atoms with E-state index in [0.717, 1.165) is 33.7 Å². The van der Waals surface area contributed by atoms with E-state index < -0.39 is 0 Å². The minimum Gasteiger partial charge on any atom is -0.487 e. The number of rotatable bonds is 5. The van der Waals surface area contributed by atoms with Crippen molar-refractivity contribution in [2.75, 3.05) is 0 Å². The van der Waals surface area contributed by atoms with Gasteiger partial charge in [-0.05, 0) is 43.7 Å². The minimum atomic E-state index is 0.462. The fourth-order valence-electron chi connectivity index (χ4n) is 1.89. The maximum Gasteiger partial charge on any atom is 0.130 e. The third-order valence-electron chi connectivity index (χ3n) is 2.83. The van der Waals surface area contributed by atoms with Crippen LogP contribution >= 0.6 is 27.5 Å². The Bertz CT molecular complexity index is 569. The highest BCUT2D eigenvalue weighted by Gasteiger charge is 2.06. The first-order chi connectivity index (χ1) is 9.13. The minimum absolute atomic E-state index is 0.462. The number of hydrogen-bond acceptors (Lipinski definition) is 2. The van der Waals surface area contributed by atoms with Crippen molar-refractivity contribution in [3.63, 3.8) is 0 Å². The molecular formula is C14H16BrClN2O. The number of aromatic nitrogens is 2. The standard InChI is InChI=1S/C14H16BrClN2O/c1-3-18-12(6-10(2)17-18)9-19-13-4-5-14(15)11(7-13)8-16/h4-7H,3,8-9H2,1-2H3. The molecule has 0 aliphatic heterocycles. The summed E-state index contributed by atoms with van der Waals surface area (Å²) in [6.07, 6.45) is 0. The first kappa shape index (κ1) is 14.4. The molecule has 1 heterocycles. The highest BCUT2D eigenvalue weighted by Crippen LogP contribution is 2.24. The van der Waals surface area contributed by atoms with Crippen molar-refractivity contribution in [2.24, 2.45) is 0 Å². The van der Waals surface area contributed by atoms with Crippen LogP contribution in [0.2, 0.25) is 0 Å². The van der Waals surface area contributed by atoms with Crippen molar-refractivity contribution >= 4 is 27.5 Å². The molecule has 1 aromatic carbocycles. The van der Waals surface area contributed by atoms with Crippen molar-refractivity contribution in [3.8, 4) is 5.75 Å². The van der Waals surface area contributed by atoms with Crippen LogP contribution < -0.4 is 4.74 Å². The van der Waals surface area contributed by atoms with E-state index in [1.807, 2.05) is 35.9 Å². The third kappa shape index (κ3) is 3.51. The lowest BCUT2D eigenvalue weighted by molar-refractivity contribution is 0.292. The molecule has 19 heavy (non-hydrogen) atoms. The molecule has 0 radical (unpaired) electrons. The second kappa shape index (κ2) is 6.44. The zero-order valence-corrected chi connectivity index (χ0v) is 13.3. The zero-order chi connectivity index (χ0) is 13.8. The van der Waals surface area contributed by atoms with Crippen molar-refractivity contribution in [1.29, 1.82) is 0 Å². The van der Waals surface area contributed by atoms with E-state index in [1.54, 1.807) is 0 Å². The van der Waals surface area contributed by atoms with Crippen LogP contribution in [0, 0.1) is 6.92 Å². The molecule has 0 unspecified atom stereocenters. The van der Waals surface area contributed by atoms with Gasteiger partial charge in [0.15, 0.2) is 0 Å². The van der Waals surface area contributed by atoms with Gasteiger partial charge in [0.1, 0.15) is 12.4 Å². The Morgan fingerprint density at radius 2 is 2.16 bits per heavy atom. The van der Waals surface area contributed by atoms with Crippen molar-refractivity contribution in [1.82, 2.24) is 9.78 Å². The Hall–Kier alpha value is -1.000. The lowest BCUT2D eigenvalue weighted by atomic mass is 10.2. The van der Waals surface area contributed by atoms with Crippen LogP contribution in [0.15, 0.2) is 28.7 Å². The molecule has 1 aromatic heterocycles. The molecule has 0 bridgehead atoms. The van der Waals surface area contributed by atoms with E-state index in [0.29, 0.717) is 12.5 Å². The maximum atomic E-state index is 5.87. The molecule has 2 aromatic rings. The highest BCUT2D eigenvalue weighted by atomic mass is 79.9. The Morgan fingerprint density at radius 1 is 1.37 bits per heavy atom. The number of aryl methyl sites for hydroxylation is 2. The summed E-state index contributed by atoms with van der Waals surface area (Å²) in [6.45, 7) is 5.42. The second-order valence-electron chi connectivity index (χ2n) is 4.27. The summed E-state index contributed by atoms with van der Waals surface area (Å²) in [6, 6.07) is 7.89. The van der Waals surface area contributed by atoms with Gasteiger partial charge in [-0.1, -0.05) is 15.9 Å². The first-order valence-electron chi connectivity index (χ1n) is 6.14. The van der Waals surface area contributed by atoms with Crippen LogP contribution in [0.3, 0.4) is 0 Å². The predicted octanol–water partition coefficient (Wildman–Crippen LogP) is 4.29. The van der Waals surface area contributed by atoms with Crippen molar-refractivity contribution < 1.29 is 4.74 Å². The first-order valence-corrected chi connectivity index (χ1v) is 7.47. The van der Waals surface area contributed by atoms with Crippen LogP contribution in [0.1, 0.15) is 23.9 Å². The fourth-order valence-corrected chi connectivity index (χ4v) is 2.66. The van der Waals surface area contributed by atoms with Crippen molar-refractivity contribution in [3.05, 3.63) is 45.7 Å². The summed E-state index contributed by atoms with van der Waals surface area (Å²) in [4.78, 5) is 0. The zero-order valence-electron chi connectivity index (χ0n) is 11.0. The molecule has 0 spiro atoms. The number of halogens is 2. The van der Waals surface area contributed by atoms with Gasteiger partial charge in [0, 0.05) is 16.9 Å². The highest BCUT2D eigenvalue weighted by molar-refractivity contribution is 9.10. The van der Waals surface area contributed by atoms with Gasteiger partial charge in [-0.3, -0.25) is 4.68 Å². The fraction of sp³-hybridized carbons (Fsp3) is 0.357.